The van der Waals surface area contributed by atoms with E-state index in [0.717, 1.165) is 17.7 Å². The van der Waals surface area contributed by atoms with Crippen molar-refractivity contribution in [3.63, 3.8) is 0 Å². The summed E-state index contributed by atoms with van der Waals surface area (Å²) in [5, 5.41) is 0. The van der Waals surface area contributed by atoms with Gasteiger partial charge < -0.3 is 9.47 Å². The van der Waals surface area contributed by atoms with Gasteiger partial charge in [-0.05, 0) is 36.8 Å². The number of benzene rings is 2. The Morgan fingerprint density at radius 3 is 2.61 bits per heavy atom. The summed E-state index contributed by atoms with van der Waals surface area (Å²) < 4.78 is 28.4. The van der Waals surface area contributed by atoms with Crippen molar-refractivity contribution >= 4 is 5.91 Å². The van der Waals surface area contributed by atoms with Crippen LogP contribution in [-0.4, -0.2) is 26.9 Å². The first-order valence-electron chi connectivity index (χ1n) is 8.88. The molecule has 0 N–H and O–H groups in total. The molecular formula is C22H21F2N3O. The fourth-order valence-electron chi connectivity index (χ4n) is 2.89. The molecule has 144 valence electrons. The van der Waals surface area contributed by atoms with Gasteiger partial charge in [-0.3, -0.25) is 4.79 Å². The van der Waals surface area contributed by atoms with Crippen molar-refractivity contribution in [2.24, 2.45) is 0 Å². The average Bonchev–Trinajstić information content (AvgIpc) is 3.11. The molecule has 0 bridgehead atoms. The average molecular weight is 381 g/mol. The number of hydrogen-bond acceptors (Lipinski definition) is 2. The molecule has 2 aromatic carbocycles. The Morgan fingerprint density at radius 2 is 1.93 bits per heavy atom. The summed E-state index contributed by atoms with van der Waals surface area (Å²) in [6.07, 6.45) is 5.03. The largest absolute Gasteiger partial charge is 0.329 e. The Labute approximate surface area is 162 Å². The lowest BCUT2D eigenvalue weighted by atomic mass is 10.1. The van der Waals surface area contributed by atoms with Crippen molar-refractivity contribution in [3.05, 3.63) is 102 Å². The molecule has 28 heavy (non-hydrogen) atoms. The summed E-state index contributed by atoms with van der Waals surface area (Å²) in [7, 11) is 0. The van der Waals surface area contributed by atoms with Crippen LogP contribution in [-0.2, 0) is 13.1 Å². The summed E-state index contributed by atoms with van der Waals surface area (Å²) in [5.41, 5.74) is 2.28. The lowest BCUT2D eigenvalue weighted by Gasteiger charge is -2.21. The van der Waals surface area contributed by atoms with E-state index in [1.54, 1.807) is 35.5 Å². The van der Waals surface area contributed by atoms with Crippen LogP contribution < -0.4 is 0 Å². The number of aromatic nitrogens is 2. The molecular weight excluding hydrogens is 360 g/mol. The zero-order valence-electron chi connectivity index (χ0n) is 15.6. The van der Waals surface area contributed by atoms with Crippen LogP contribution in [0.1, 0.15) is 27.3 Å². The maximum absolute atomic E-state index is 13.5. The van der Waals surface area contributed by atoms with Crippen LogP contribution in [0.3, 0.4) is 0 Å². The number of nitrogens with zero attached hydrogens (tertiary/aromatic N) is 3. The van der Waals surface area contributed by atoms with E-state index in [1.165, 1.54) is 6.07 Å². The van der Waals surface area contributed by atoms with Crippen molar-refractivity contribution in [2.45, 2.75) is 20.0 Å². The third kappa shape index (κ3) is 4.52. The fraction of sp³-hybridized carbons (Fsp3) is 0.182. The van der Waals surface area contributed by atoms with Crippen molar-refractivity contribution in [2.75, 3.05) is 6.54 Å². The van der Waals surface area contributed by atoms with Gasteiger partial charge in [-0.1, -0.05) is 29.8 Å². The lowest BCUT2D eigenvalue weighted by Crippen LogP contribution is -2.32. The van der Waals surface area contributed by atoms with Crippen LogP contribution in [0.15, 0.2) is 67.5 Å². The van der Waals surface area contributed by atoms with E-state index in [9.17, 15) is 13.6 Å². The molecule has 0 saturated carbocycles. The molecule has 3 aromatic rings. The standard InChI is InChI=1S/C22H21F2N3O/c1-3-11-27(22(28)18-7-4-16(2)5-8-18)15-21-25-10-12-26(21)14-17-6-9-19(23)20(24)13-17/h3-10,12-13H,1,11,14-15H2,2H3. The van der Waals surface area contributed by atoms with E-state index < -0.39 is 11.6 Å². The smallest absolute Gasteiger partial charge is 0.254 e. The van der Waals surface area contributed by atoms with Crippen LogP contribution in [0.4, 0.5) is 8.78 Å². The predicted octanol–water partition coefficient (Wildman–Crippen LogP) is 4.35. The number of carbonyl (C=O) groups is 1. The van der Waals surface area contributed by atoms with Crippen LogP contribution in [0.25, 0.3) is 0 Å². The monoisotopic (exact) mass is 381 g/mol. The van der Waals surface area contributed by atoms with Gasteiger partial charge in [0.25, 0.3) is 5.91 Å². The number of carbonyl (C=O) groups excluding carboxylic acids is 1. The van der Waals surface area contributed by atoms with Gasteiger partial charge in [0.2, 0.25) is 0 Å². The van der Waals surface area contributed by atoms with E-state index in [1.807, 2.05) is 23.6 Å². The second-order valence-corrected chi connectivity index (χ2v) is 6.56. The summed E-state index contributed by atoms with van der Waals surface area (Å²) in [5.74, 6) is -1.24. The number of rotatable bonds is 7. The van der Waals surface area contributed by atoms with Gasteiger partial charge in [0.1, 0.15) is 5.82 Å². The van der Waals surface area contributed by atoms with Crippen LogP contribution >= 0.6 is 0 Å². The highest BCUT2D eigenvalue weighted by Gasteiger charge is 2.17. The van der Waals surface area contributed by atoms with Crippen molar-refractivity contribution in [1.82, 2.24) is 14.5 Å². The molecule has 0 spiro atoms. The lowest BCUT2D eigenvalue weighted by molar-refractivity contribution is 0.0757. The second kappa shape index (κ2) is 8.61. The molecule has 0 aliphatic rings. The second-order valence-electron chi connectivity index (χ2n) is 6.56. The minimum absolute atomic E-state index is 0.123. The van der Waals surface area contributed by atoms with Gasteiger partial charge >= 0.3 is 0 Å². The zero-order valence-corrected chi connectivity index (χ0v) is 15.6. The zero-order chi connectivity index (χ0) is 20.1. The molecule has 3 rings (SSSR count). The Kier molecular flexibility index (Phi) is 5.99. The predicted molar refractivity (Wildman–Crippen MR) is 104 cm³/mol. The van der Waals surface area contributed by atoms with Crippen LogP contribution in [0.2, 0.25) is 0 Å². The number of amides is 1. The Bertz CT molecular complexity index is 980. The van der Waals surface area contributed by atoms with Gasteiger partial charge in [0.05, 0.1) is 6.54 Å². The summed E-state index contributed by atoms with van der Waals surface area (Å²) in [4.78, 5) is 18.8. The number of hydrogen-bond donors (Lipinski definition) is 0. The highest BCUT2D eigenvalue weighted by molar-refractivity contribution is 5.94. The van der Waals surface area contributed by atoms with E-state index in [4.69, 9.17) is 0 Å². The minimum Gasteiger partial charge on any atom is -0.329 e. The molecule has 0 aliphatic heterocycles. The molecule has 4 nitrogen and oxygen atoms in total. The van der Waals surface area contributed by atoms with E-state index >= 15 is 0 Å². The van der Waals surface area contributed by atoms with Gasteiger partial charge in [0.15, 0.2) is 11.6 Å². The molecule has 1 amide bonds. The minimum atomic E-state index is -0.887. The number of aryl methyl sites for hydroxylation is 1. The fourth-order valence-corrected chi connectivity index (χ4v) is 2.89. The maximum atomic E-state index is 13.5. The third-order valence-corrected chi connectivity index (χ3v) is 4.41. The molecule has 1 aromatic heterocycles. The van der Waals surface area contributed by atoms with Crippen molar-refractivity contribution in [3.8, 4) is 0 Å². The molecule has 0 saturated heterocycles. The number of imidazole rings is 1. The topological polar surface area (TPSA) is 38.1 Å². The Hall–Kier alpha value is -3.28. The Morgan fingerprint density at radius 1 is 1.18 bits per heavy atom. The number of halogens is 2. The SMILES string of the molecule is C=CCN(Cc1nccn1Cc1ccc(F)c(F)c1)C(=O)c1ccc(C)cc1. The third-order valence-electron chi connectivity index (χ3n) is 4.41. The van der Waals surface area contributed by atoms with E-state index in [0.29, 0.717) is 30.0 Å². The van der Waals surface area contributed by atoms with Gasteiger partial charge in [0, 0.05) is 31.0 Å². The van der Waals surface area contributed by atoms with Gasteiger partial charge in [-0.2, -0.15) is 0 Å². The maximum Gasteiger partial charge on any atom is 0.254 e. The quantitative estimate of drug-likeness (QED) is 0.571. The normalized spacial score (nSPS) is 10.7. The Balaban J connectivity index is 1.79. The van der Waals surface area contributed by atoms with Crippen molar-refractivity contribution < 1.29 is 13.6 Å². The van der Waals surface area contributed by atoms with Crippen LogP contribution in [0.5, 0.6) is 0 Å². The first kappa shape index (κ1) is 19.5. The van der Waals surface area contributed by atoms with Crippen LogP contribution in [0, 0.1) is 18.6 Å². The molecule has 1 heterocycles. The molecule has 6 heteroatoms. The van der Waals surface area contributed by atoms with E-state index in [-0.39, 0.29) is 12.5 Å². The first-order valence-corrected chi connectivity index (χ1v) is 8.88. The molecule has 0 aliphatic carbocycles. The highest BCUT2D eigenvalue weighted by Crippen LogP contribution is 2.14. The van der Waals surface area contributed by atoms with Gasteiger partial charge in [-0.15, -0.1) is 6.58 Å². The van der Waals surface area contributed by atoms with Crippen molar-refractivity contribution in [1.29, 1.82) is 0 Å². The van der Waals surface area contributed by atoms with Gasteiger partial charge in [-0.25, -0.2) is 13.8 Å². The molecule has 0 fully saturated rings. The summed E-state index contributed by atoms with van der Waals surface area (Å²) in [6, 6.07) is 11.2. The molecule has 0 radical (unpaired) electrons. The van der Waals surface area contributed by atoms with E-state index in [2.05, 4.69) is 11.6 Å². The molecule has 0 atom stereocenters. The molecule has 0 unspecified atom stereocenters. The highest BCUT2D eigenvalue weighted by atomic mass is 19.2. The first-order chi connectivity index (χ1) is 13.5. The summed E-state index contributed by atoms with van der Waals surface area (Å²) >= 11 is 0. The summed E-state index contributed by atoms with van der Waals surface area (Å²) in [6.45, 7) is 6.66.